The molecule has 14 heteroatoms. The molecule has 1 fully saturated rings. The van der Waals surface area contributed by atoms with E-state index in [9.17, 15) is 36.3 Å². The summed E-state index contributed by atoms with van der Waals surface area (Å²) in [7, 11) is -4.38. The second-order valence-electron chi connectivity index (χ2n) is 11.3. The highest BCUT2D eigenvalue weighted by molar-refractivity contribution is 8.15. The number of amidine groups is 1. The number of sulfonamides is 1. The standard InChI is InChI=1S/C29H35F3N4O5S2/c1-17(2)20-6-7-21(18(3)14-20)15-33-25(37)24-16-35(27-34-19(4)28(5,42-27)26(38)39)12-13-36(24)43(40,41)23-10-8-22(9-11-23)29(30,31)32/h6-11,14,17,19,24H,12-13,15-16H2,1-5H3,(H,33,37)(H,38,39)/t19?,24-,28?/m1/s1. The zero-order chi connectivity index (χ0) is 31.9. The number of rotatable bonds is 7. The van der Waals surface area contributed by atoms with E-state index in [1.54, 1.807) is 18.7 Å². The Balaban J connectivity index is 1.62. The fourth-order valence-electron chi connectivity index (χ4n) is 4.93. The SMILES string of the molecule is Cc1cc(C(C)C)ccc1CNC(=O)[C@H]1CN(C2=NC(C)C(C)(C(=O)O)S2)CCN1S(=O)(=O)c1ccc(C(F)(F)F)cc1. The monoisotopic (exact) mass is 640 g/mol. The number of nitrogens with zero attached hydrogens (tertiary/aromatic N) is 3. The van der Waals surface area contributed by atoms with E-state index in [4.69, 9.17) is 0 Å². The first-order chi connectivity index (χ1) is 19.9. The Morgan fingerprint density at radius 1 is 1.16 bits per heavy atom. The van der Waals surface area contributed by atoms with Crippen LogP contribution in [-0.2, 0) is 32.3 Å². The first-order valence-corrected chi connectivity index (χ1v) is 16.0. The lowest BCUT2D eigenvalue weighted by Crippen LogP contribution is -2.61. The fourth-order valence-corrected chi connectivity index (χ4v) is 7.69. The van der Waals surface area contributed by atoms with Crippen molar-refractivity contribution >= 4 is 38.8 Å². The predicted octanol–water partition coefficient (Wildman–Crippen LogP) is 4.46. The summed E-state index contributed by atoms with van der Waals surface area (Å²) in [4.78, 5) is 31.4. The van der Waals surface area contributed by atoms with Crippen LogP contribution < -0.4 is 5.32 Å². The maximum atomic E-state index is 13.7. The summed E-state index contributed by atoms with van der Waals surface area (Å²) in [5, 5.41) is 13.0. The molecule has 2 unspecified atom stereocenters. The number of hydrogen-bond acceptors (Lipinski definition) is 7. The average molecular weight is 641 g/mol. The summed E-state index contributed by atoms with van der Waals surface area (Å²) >= 11 is 1.04. The van der Waals surface area contributed by atoms with Crippen LogP contribution >= 0.6 is 11.8 Å². The molecule has 0 saturated carbocycles. The molecule has 0 aromatic heterocycles. The van der Waals surface area contributed by atoms with Crippen molar-refractivity contribution in [2.45, 2.75) is 75.0 Å². The van der Waals surface area contributed by atoms with E-state index in [0.29, 0.717) is 23.2 Å². The van der Waals surface area contributed by atoms with Gasteiger partial charge in [0.1, 0.15) is 10.8 Å². The van der Waals surface area contributed by atoms with Gasteiger partial charge in [-0.2, -0.15) is 17.5 Å². The van der Waals surface area contributed by atoms with Gasteiger partial charge in [0, 0.05) is 26.2 Å². The molecule has 3 atom stereocenters. The Bertz CT molecular complexity index is 1530. The van der Waals surface area contributed by atoms with Crippen molar-refractivity contribution in [2.24, 2.45) is 4.99 Å². The zero-order valence-corrected chi connectivity index (χ0v) is 26.1. The summed E-state index contributed by atoms with van der Waals surface area (Å²) in [5.41, 5.74) is 1.96. The van der Waals surface area contributed by atoms with Gasteiger partial charge in [0.25, 0.3) is 0 Å². The van der Waals surface area contributed by atoms with Crippen molar-refractivity contribution in [1.29, 1.82) is 0 Å². The first kappa shape index (κ1) is 32.8. The number of aliphatic carboxylic acids is 1. The normalized spacial score (nSPS) is 23.4. The van der Waals surface area contributed by atoms with Gasteiger partial charge in [-0.05, 0) is 67.6 Å². The number of carboxylic acids is 1. The van der Waals surface area contributed by atoms with Gasteiger partial charge >= 0.3 is 12.1 Å². The van der Waals surface area contributed by atoms with Gasteiger partial charge in [-0.3, -0.25) is 14.6 Å². The number of aliphatic imine (C=N–C) groups is 1. The number of carbonyl (C=O) groups excluding carboxylic acids is 1. The Labute approximate surface area is 253 Å². The topological polar surface area (TPSA) is 119 Å². The van der Waals surface area contributed by atoms with Crippen LogP contribution in [0.2, 0.25) is 0 Å². The quantitative estimate of drug-likeness (QED) is 0.459. The maximum Gasteiger partial charge on any atom is 0.416 e. The minimum Gasteiger partial charge on any atom is -0.480 e. The summed E-state index contributed by atoms with van der Waals surface area (Å²) in [6.45, 7) is 9.26. The fraction of sp³-hybridized carbons (Fsp3) is 0.483. The van der Waals surface area contributed by atoms with Crippen LogP contribution in [0.25, 0.3) is 0 Å². The molecule has 234 valence electrons. The number of nitrogens with one attached hydrogen (secondary N) is 1. The van der Waals surface area contributed by atoms with Gasteiger partial charge in [-0.15, -0.1) is 0 Å². The van der Waals surface area contributed by atoms with Crippen molar-refractivity contribution in [3.63, 3.8) is 0 Å². The average Bonchev–Trinajstić information content (AvgIpc) is 3.26. The Morgan fingerprint density at radius 2 is 1.81 bits per heavy atom. The van der Waals surface area contributed by atoms with Gasteiger partial charge < -0.3 is 15.3 Å². The van der Waals surface area contributed by atoms with Crippen molar-refractivity contribution in [3.8, 4) is 0 Å². The van der Waals surface area contributed by atoms with E-state index in [1.807, 2.05) is 25.1 Å². The molecule has 1 saturated heterocycles. The number of carbonyl (C=O) groups is 2. The molecule has 0 spiro atoms. The van der Waals surface area contributed by atoms with Crippen LogP contribution in [0.3, 0.4) is 0 Å². The van der Waals surface area contributed by atoms with Crippen LogP contribution in [0, 0.1) is 6.92 Å². The molecule has 2 aliphatic heterocycles. The van der Waals surface area contributed by atoms with Gasteiger partial charge in [-0.1, -0.05) is 43.8 Å². The molecule has 0 bridgehead atoms. The lowest BCUT2D eigenvalue weighted by Gasteiger charge is -2.40. The van der Waals surface area contributed by atoms with Crippen LogP contribution in [0.1, 0.15) is 55.9 Å². The largest absolute Gasteiger partial charge is 0.480 e. The maximum absolute atomic E-state index is 13.7. The highest BCUT2D eigenvalue weighted by Crippen LogP contribution is 2.40. The predicted molar refractivity (Wildman–Crippen MR) is 158 cm³/mol. The molecule has 2 aromatic rings. The smallest absolute Gasteiger partial charge is 0.416 e. The molecule has 43 heavy (non-hydrogen) atoms. The Morgan fingerprint density at radius 3 is 2.35 bits per heavy atom. The van der Waals surface area contributed by atoms with Crippen LogP contribution in [-0.4, -0.2) is 76.2 Å². The van der Waals surface area contributed by atoms with Crippen molar-refractivity contribution in [2.75, 3.05) is 19.6 Å². The highest BCUT2D eigenvalue weighted by Gasteiger charge is 2.49. The van der Waals surface area contributed by atoms with E-state index in [-0.39, 0.29) is 31.1 Å². The summed E-state index contributed by atoms with van der Waals surface area (Å²) in [6.07, 6.45) is -4.64. The molecule has 0 aliphatic carbocycles. The third kappa shape index (κ3) is 6.70. The molecule has 2 aliphatic rings. The molecule has 2 aromatic carbocycles. The second-order valence-corrected chi connectivity index (χ2v) is 14.6. The molecular weight excluding hydrogens is 605 g/mol. The first-order valence-electron chi connectivity index (χ1n) is 13.8. The van der Waals surface area contributed by atoms with E-state index < -0.39 is 50.5 Å². The van der Waals surface area contributed by atoms with E-state index in [1.165, 1.54) is 0 Å². The summed E-state index contributed by atoms with van der Waals surface area (Å²) in [5.74, 6) is -1.31. The highest BCUT2D eigenvalue weighted by atomic mass is 32.2. The summed E-state index contributed by atoms with van der Waals surface area (Å²) in [6, 6.07) is 7.25. The molecular formula is C29H35F3N4O5S2. The van der Waals surface area contributed by atoms with Crippen LogP contribution in [0.15, 0.2) is 52.4 Å². The third-order valence-electron chi connectivity index (χ3n) is 8.01. The van der Waals surface area contributed by atoms with Gasteiger partial charge in [0.2, 0.25) is 15.9 Å². The number of benzene rings is 2. The number of aryl methyl sites for hydroxylation is 1. The van der Waals surface area contributed by atoms with Gasteiger partial charge in [0.15, 0.2) is 5.17 Å². The zero-order valence-electron chi connectivity index (χ0n) is 24.5. The lowest BCUT2D eigenvalue weighted by molar-refractivity contribution is -0.140. The molecule has 4 rings (SSSR count). The molecule has 2 N–H and O–H groups in total. The van der Waals surface area contributed by atoms with Crippen LogP contribution in [0.5, 0.6) is 0 Å². The third-order valence-corrected chi connectivity index (χ3v) is 11.4. The molecule has 0 radical (unpaired) electrons. The van der Waals surface area contributed by atoms with E-state index in [0.717, 1.165) is 44.9 Å². The van der Waals surface area contributed by atoms with Crippen molar-refractivity contribution in [3.05, 3.63) is 64.7 Å². The summed E-state index contributed by atoms with van der Waals surface area (Å²) < 4.78 is 66.5. The lowest BCUT2D eigenvalue weighted by atomic mass is 9.98. The van der Waals surface area contributed by atoms with Crippen LogP contribution in [0.4, 0.5) is 13.2 Å². The Kier molecular flexibility index (Phi) is 9.25. The van der Waals surface area contributed by atoms with Gasteiger partial charge in [-0.25, -0.2) is 8.42 Å². The van der Waals surface area contributed by atoms with Crippen molar-refractivity contribution < 1.29 is 36.3 Å². The number of carboxylic acid groups (broad SMARTS) is 1. The number of hydrogen-bond donors (Lipinski definition) is 2. The van der Waals surface area contributed by atoms with Crippen molar-refractivity contribution in [1.82, 2.24) is 14.5 Å². The van der Waals surface area contributed by atoms with E-state index >= 15 is 0 Å². The second kappa shape index (κ2) is 12.1. The number of piperazine rings is 1. The van der Waals surface area contributed by atoms with E-state index in [2.05, 4.69) is 24.2 Å². The molecule has 1 amide bonds. The number of thioether (sulfide) groups is 1. The number of amides is 1. The molecule has 2 heterocycles. The minimum atomic E-state index is -4.64. The Hall–Kier alpha value is -3.10. The van der Waals surface area contributed by atoms with Gasteiger partial charge in [0.05, 0.1) is 16.5 Å². The minimum absolute atomic E-state index is 0.105. The number of alkyl halides is 3. The molecule has 9 nitrogen and oxygen atoms in total. The number of halogens is 3.